The molecule has 1 N–H and O–H groups in total. The van der Waals surface area contributed by atoms with Crippen LogP contribution in [-0.2, 0) is 0 Å². The van der Waals surface area contributed by atoms with E-state index in [9.17, 15) is 4.79 Å². The molecule has 2 heterocycles. The van der Waals surface area contributed by atoms with Crippen LogP contribution in [0.2, 0.25) is 0 Å². The highest BCUT2D eigenvalue weighted by Crippen LogP contribution is 2.34. The van der Waals surface area contributed by atoms with E-state index >= 15 is 0 Å². The van der Waals surface area contributed by atoms with Crippen LogP contribution in [0.25, 0.3) is 0 Å². The summed E-state index contributed by atoms with van der Waals surface area (Å²) >= 11 is 0. The van der Waals surface area contributed by atoms with Crippen molar-refractivity contribution in [1.29, 1.82) is 0 Å². The number of hydrogen-bond donors (Lipinski definition) is 1. The molecule has 1 aromatic carbocycles. The molecule has 2 aliphatic rings. The van der Waals surface area contributed by atoms with E-state index in [1.807, 2.05) is 30.3 Å². The van der Waals surface area contributed by atoms with E-state index in [0.29, 0.717) is 18.1 Å². The number of halogens is 1. The van der Waals surface area contributed by atoms with E-state index in [4.69, 9.17) is 0 Å². The van der Waals surface area contributed by atoms with Gasteiger partial charge in [-0.2, -0.15) is 0 Å². The molecule has 1 aromatic rings. The minimum Gasteiger partial charge on any atom is -0.349 e. The van der Waals surface area contributed by atoms with Crippen LogP contribution in [0, 0.1) is 0 Å². The summed E-state index contributed by atoms with van der Waals surface area (Å²) in [5.74, 6) is 0.0737. The molecule has 0 saturated carbocycles. The van der Waals surface area contributed by atoms with Gasteiger partial charge in [-0.1, -0.05) is 18.2 Å². The summed E-state index contributed by atoms with van der Waals surface area (Å²) in [5.41, 5.74) is 0.767. The van der Waals surface area contributed by atoms with Gasteiger partial charge in [0.15, 0.2) is 0 Å². The van der Waals surface area contributed by atoms with Crippen molar-refractivity contribution in [1.82, 2.24) is 10.2 Å². The predicted molar refractivity (Wildman–Crippen MR) is 78.8 cm³/mol. The van der Waals surface area contributed by atoms with Crippen molar-refractivity contribution in [3.8, 4) is 0 Å². The number of carbonyl (C=O) groups is 1. The fourth-order valence-electron chi connectivity index (χ4n) is 3.39. The first-order valence-corrected chi connectivity index (χ1v) is 6.82. The highest BCUT2D eigenvalue weighted by atomic mass is 35.5. The summed E-state index contributed by atoms with van der Waals surface area (Å²) in [6, 6.07) is 11.2. The molecule has 0 radical (unpaired) electrons. The molecule has 104 valence electrons. The van der Waals surface area contributed by atoms with Crippen molar-refractivity contribution in [2.45, 2.75) is 43.8 Å². The molecule has 0 spiro atoms. The monoisotopic (exact) mass is 280 g/mol. The van der Waals surface area contributed by atoms with E-state index in [1.54, 1.807) is 0 Å². The number of amides is 1. The average molecular weight is 281 g/mol. The SMILES string of the molecule is CN1C2CCC1CC(NC(=O)c1ccccc1)C2.Cl. The van der Waals surface area contributed by atoms with E-state index in [0.717, 1.165) is 18.4 Å². The third kappa shape index (κ3) is 2.93. The zero-order valence-corrected chi connectivity index (χ0v) is 12.0. The molecule has 2 aliphatic heterocycles. The fourth-order valence-corrected chi connectivity index (χ4v) is 3.39. The van der Waals surface area contributed by atoms with Gasteiger partial charge in [-0.05, 0) is 44.9 Å². The number of hydrogen-bond acceptors (Lipinski definition) is 2. The Balaban J connectivity index is 0.00000133. The molecule has 3 rings (SSSR count). The number of nitrogens with one attached hydrogen (secondary N) is 1. The van der Waals surface area contributed by atoms with E-state index in [2.05, 4.69) is 17.3 Å². The summed E-state index contributed by atoms with van der Waals surface area (Å²) in [6.07, 6.45) is 4.79. The number of rotatable bonds is 2. The van der Waals surface area contributed by atoms with Gasteiger partial charge in [0, 0.05) is 23.7 Å². The van der Waals surface area contributed by atoms with Crippen molar-refractivity contribution in [3.05, 3.63) is 35.9 Å². The minimum atomic E-state index is 0. The fraction of sp³-hybridized carbons (Fsp3) is 0.533. The van der Waals surface area contributed by atoms with Crippen LogP contribution in [-0.4, -0.2) is 36.0 Å². The summed E-state index contributed by atoms with van der Waals surface area (Å²) in [5, 5.41) is 3.19. The first-order chi connectivity index (χ1) is 8.74. The number of piperidine rings is 1. The lowest BCUT2D eigenvalue weighted by Crippen LogP contribution is -2.48. The molecule has 0 aliphatic carbocycles. The van der Waals surface area contributed by atoms with E-state index in [-0.39, 0.29) is 18.3 Å². The maximum Gasteiger partial charge on any atom is 0.251 e. The Bertz CT molecular complexity index is 423. The molecule has 19 heavy (non-hydrogen) atoms. The zero-order chi connectivity index (χ0) is 12.5. The Morgan fingerprint density at radius 1 is 1.16 bits per heavy atom. The Morgan fingerprint density at radius 2 is 1.74 bits per heavy atom. The van der Waals surface area contributed by atoms with Crippen molar-refractivity contribution in [2.75, 3.05) is 7.05 Å². The Labute approximate surface area is 120 Å². The largest absolute Gasteiger partial charge is 0.349 e. The van der Waals surface area contributed by atoms with E-state index in [1.165, 1.54) is 12.8 Å². The van der Waals surface area contributed by atoms with Crippen LogP contribution in [0.5, 0.6) is 0 Å². The Hall–Kier alpha value is -1.06. The standard InChI is InChI=1S/C15H20N2O.ClH/c1-17-13-7-8-14(17)10-12(9-13)16-15(18)11-5-3-2-4-6-11;/h2-6,12-14H,7-10H2,1H3,(H,16,18);1H. The van der Waals surface area contributed by atoms with Gasteiger partial charge in [0.05, 0.1) is 0 Å². The van der Waals surface area contributed by atoms with Crippen LogP contribution >= 0.6 is 12.4 Å². The summed E-state index contributed by atoms with van der Waals surface area (Å²) < 4.78 is 0. The molecule has 0 aromatic heterocycles. The predicted octanol–water partition coefficient (Wildman–Crippen LogP) is 2.46. The number of fused-ring (bicyclic) bond motifs is 2. The number of benzene rings is 1. The van der Waals surface area contributed by atoms with Crippen LogP contribution < -0.4 is 5.32 Å². The molecule has 2 fully saturated rings. The molecule has 2 atom stereocenters. The average Bonchev–Trinajstić information content (AvgIpc) is 2.63. The molecular weight excluding hydrogens is 260 g/mol. The maximum atomic E-state index is 12.1. The van der Waals surface area contributed by atoms with Gasteiger partial charge in [0.25, 0.3) is 5.91 Å². The van der Waals surface area contributed by atoms with Gasteiger partial charge in [0.2, 0.25) is 0 Å². The lowest BCUT2D eigenvalue weighted by Gasteiger charge is -2.36. The molecule has 3 nitrogen and oxygen atoms in total. The quantitative estimate of drug-likeness (QED) is 0.903. The molecule has 2 bridgehead atoms. The van der Waals surface area contributed by atoms with Crippen molar-refractivity contribution < 1.29 is 4.79 Å². The lowest BCUT2D eigenvalue weighted by molar-refractivity contribution is 0.0882. The molecule has 1 amide bonds. The van der Waals surface area contributed by atoms with Gasteiger partial charge in [0.1, 0.15) is 0 Å². The lowest BCUT2D eigenvalue weighted by atomic mass is 9.97. The molecule has 2 saturated heterocycles. The molecule has 4 heteroatoms. The van der Waals surface area contributed by atoms with Crippen LogP contribution in [0.4, 0.5) is 0 Å². The second-order valence-electron chi connectivity index (χ2n) is 5.56. The summed E-state index contributed by atoms with van der Waals surface area (Å²) in [6.45, 7) is 0. The second kappa shape index (κ2) is 5.93. The van der Waals surface area contributed by atoms with Crippen LogP contribution in [0.3, 0.4) is 0 Å². The van der Waals surface area contributed by atoms with Crippen molar-refractivity contribution in [3.63, 3.8) is 0 Å². The Kier molecular flexibility index (Phi) is 4.48. The summed E-state index contributed by atoms with van der Waals surface area (Å²) in [4.78, 5) is 14.6. The first-order valence-electron chi connectivity index (χ1n) is 6.82. The van der Waals surface area contributed by atoms with Crippen molar-refractivity contribution >= 4 is 18.3 Å². The highest BCUT2D eigenvalue weighted by Gasteiger charge is 2.38. The van der Waals surface area contributed by atoms with Crippen LogP contribution in [0.1, 0.15) is 36.0 Å². The van der Waals surface area contributed by atoms with E-state index < -0.39 is 0 Å². The molecule has 2 unspecified atom stereocenters. The highest BCUT2D eigenvalue weighted by molar-refractivity contribution is 5.94. The summed E-state index contributed by atoms with van der Waals surface area (Å²) in [7, 11) is 2.22. The van der Waals surface area contributed by atoms with Crippen LogP contribution in [0.15, 0.2) is 30.3 Å². The third-order valence-electron chi connectivity index (χ3n) is 4.47. The zero-order valence-electron chi connectivity index (χ0n) is 11.2. The second-order valence-corrected chi connectivity index (χ2v) is 5.56. The smallest absolute Gasteiger partial charge is 0.251 e. The van der Waals surface area contributed by atoms with Gasteiger partial charge in [-0.25, -0.2) is 0 Å². The van der Waals surface area contributed by atoms with Gasteiger partial charge in [-0.3, -0.25) is 4.79 Å². The van der Waals surface area contributed by atoms with Gasteiger partial charge < -0.3 is 10.2 Å². The maximum absolute atomic E-state index is 12.1. The van der Waals surface area contributed by atoms with Gasteiger partial charge in [-0.15, -0.1) is 12.4 Å². The normalized spacial score (nSPS) is 29.6. The van der Waals surface area contributed by atoms with Crippen molar-refractivity contribution in [2.24, 2.45) is 0 Å². The minimum absolute atomic E-state index is 0. The first kappa shape index (κ1) is 14.4. The Morgan fingerprint density at radius 3 is 2.32 bits per heavy atom. The third-order valence-corrected chi connectivity index (χ3v) is 4.47. The number of nitrogens with zero attached hydrogens (tertiary/aromatic N) is 1. The topological polar surface area (TPSA) is 32.3 Å². The molecular formula is C15H21ClN2O. The van der Waals surface area contributed by atoms with Gasteiger partial charge >= 0.3 is 0 Å². The number of carbonyl (C=O) groups excluding carboxylic acids is 1.